The SMILES string of the molecule is COC(=O)[C@@H]1Oc2ccccc2[C@]1(CC#N)N=C(c1ccccc1)c1ccccc1. The van der Waals surface area contributed by atoms with Crippen LogP contribution in [0.4, 0.5) is 0 Å². The number of benzene rings is 3. The molecule has 148 valence electrons. The average molecular weight is 396 g/mol. The zero-order chi connectivity index (χ0) is 21.0. The van der Waals surface area contributed by atoms with Crippen molar-refractivity contribution >= 4 is 11.7 Å². The third-order valence-electron chi connectivity index (χ3n) is 5.20. The fraction of sp³-hybridized carbons (Fsp3) is 0.160. The van der Waals surface area contributed by atoms with Gasteiger partial charge >= 0.3 is 5.97 Å². The molecule has 5 nitrogen and oxygen atoms in total. The number of rotatable bonds is 5. The summed E-state index contributed by atoms with van der Waals surface area (Å²) in [5.41, 5.74) is 1.93. The quantitative estimate of drug-likeness (QED) is 0.477. The third kappa shape index (κ3) is 3.33. The monoisotopic (exact) mass is 396 g/mol. The minimum Gasteiger partial charge on any atom is -0.475 e. The van der Waals surface area contributed by atoms with Crippen LogP contribution in [0.15, 0.2) is 89.9 Å². The zero-order valence-corrected chi connectivity index (χ0v) is 16.5. The highest BCUT2D eigenvalue weighted by Crippen LogP contribution is 2.47. The van der Waals surface area contributed by atoms with E-state index < -0.39 is 17.6 Å². The van der Waals surface area contributed by atoms with Gasteiger partial charge in [0.1, 0.15) is 5.75 Å². The minimum absolute atomic E-state index is 0.0348. The first-order chi connectivity index (χ1) is 14.7. The molecule has 3 aromatic carbocycles. The van der Waals surface area contributed by atoms with Gasteiger partial charge in [-0.05, 0) is 6.07 Å². The number of carbonyl (C=O) groups is 1. The van der Waals surface area contributed by atoms with Crippen LogP contribution in [0.3, 0.4) is 0 Å². The molecule has 0 N–H and O–H groups in total. The van der Waals surface area contributed by atoms with Gasteiger partial charge in [-0.15, -0.1) is 0 Å². The highest BCUT2D eigenvalue weighted by molar-refractivity contribution is 6.13. The summed E-state index contributed by atoms with van der Waals surface area (Å²) in [6.45, 7) is 0. The summed E-state index contributed by atoms with van der Waals surface area (Å²) in [6, 6.07) is 29.0. The second-order valence-electron chi connectivity index (χ2n) is 6.97. The van der Waals surface area contributed by atoms with Crippen molar-refractivity contribution in [2.24, 2.45) is 4.99 Å². The summed E-state index contributed by atoms with van der Waals surface area (Å²) in [5.74, 6) is -0.0296. The van der Waals surface area contributed by atoms with Crippen molar-refractivity contribution in [3.63, 3.8) is 0 Å². The molecule has 0 aromatic heterocycles. The van der Waals surface area contributed by atoms with Gasteiger partial charge in [-0.25, -0.2) is 4.79 Å². The second-order valence-corrected chi connectivity index (χ2v) is 6.97. The summed E-state index contributed by atoms with van der Waals surface area (Å²) in [7, 11) is 1.31. The Hall–Kier alpha value is -3.91. The maximum atomic E-state index is 12.7. The first-order valence-corrected chi connectivity index (χ1v) is 9.61. The molecule has 0 amide bonds. The van der Waals surface area contributed by atoms with Crippen LogP contribution >= 0.6 is 0 Å². The van der Waals surface area contributed by atoms with E-state index >= 15 is 0 Å². The molecule has 4 rings (SSSR count). The van der Waals surface area contributed by atoms with Crippen LogP contribution in [0.5, 0.6) is 5.75 Å². The molecule has 5 heteroatoms. The fourth-order valence-electron chi connectivity index (χ4n) is 3.80. The van der Waals surface area contributed by atoms with Crippen molar-refractivity contribution in [2.75, 3.05) is 7.11 Å². The van der Waals surface area contributed by atoms with Gasteiger partial charge in [-0.2, -0.15) is 5.26 Å². The van der Waals surface area contributed by atoms with E-state index in [2.05, 4.69) is 6.07 Å². The molecule has 2 atom stereocenters. The number of nitrogens with zero attached hydrogens (tertiary/aromatic N) is 2. The van der Waals surface area contributed by atoms with Crippen molar-refractivity contribution in [3.05, 3.63) is 102 Å². The predicted molar refractivity (Wildman–Crippen MR) is 113 cm³/mol. The molecule has 3 aromatic rings. The van der Waals surface area contributed by atoms with Gasteiger partial charge in [0.05, 0.1) is 25.3 Å². The van der Waals surface area contributed by atoms with E-state index in [1.807, 2.05) is 78.9 Å². The van der Waals surface area contributed by atoms with Crippen LogP contribution < -0.4 is 4.74 Å². The van der Waals surface area contributed by atoms with Gasteiger partial charge < -0.3 is 9.47 Å². The first kappa shape index (κ1) is 19.4. The van der Waals surface area contributed by atoms with E-state index in [0.29, 0.717) is 17.0 Å². The maximum Gasteiger partial charge on any atom is 0.350 e. The number of esters is 1. The molecule has 1 aliphatic rings. The largest absolute Gasteiger partial charge is 0.475 e. The number of hydrogen-bond donors (Lipinski definition) is 0. The Bertz CT molecular complexity index is 1080. The molecule has 0 saturated heterocycles. The Kier molecular flexibility index (Phi) is 5.32. The van der Waals surface area contributed by atoms with Crippen molar-refractivity contribution in [1.29, 1.82) is 5.26 Å². The van der Waals surface area contributed by atoms with E-state index in [4.69, 9.17) is 14.5 Å². The molecule has 30 heavy (non-hydrogen) atoms. The molecule has 0 saturated carbocycles. The third-order valence-corrected chi connectivity index (χ3v) is 5.20. The number of nitriles is 1. The van der Waals surface area contributed by atoms with Gasteiger partial charge in [-0.1, -0.05) is 78.9 Å². The molecule has 0 spiro atoms. The lowest BCUT2D eigenvalue weighted by Gasteiger charge is -2.28. The molecule has 0 bridgehead atoms. The Morgan fingerprint density at radius 1 is 1.00 bits per heavy atom. The Morgan fingerprint density at radius 2 is 1.57 bits per heavy atom. The van der Waals surface area contributed by atoms with Gasteiger partial charge in [-0.3, -0.25) is 4.99 Å². The van der Waals surface area contributed by atoms with Crippen LogP contribution in [0, 0.1) is 11.3 Å². The molecular weight excluding hydrogens is 376 g/mol. The van der Waals surface area contributed by atoms with E-state index in [-0.39, 0.29) is 6.42 Å². The predicted octanol–water partition coefficient (Wildman–Crippen LogP) is 4.27. The Labute approximate surface area is 175 Å². The number of para-hydroxylation sites is 1. The fourth-order valence-corrected chi connectivity index (χ4v) is 3.80. The standard InChI is InChI=1S/C25H20N2O3/c1-29-24(28)23-25(16-17-26,20-14-8-9-15-21(20)30-23)27-22(18-10-4-2-5-11-18)19-12-6-3-7-13-19/h2-15,23H,16H2,1H3/t23-,25-/m0/s1. The van der Waals surface area contributed by atoms with Gasteiger partial charge in [0.15, 0.2) is 5.54 Å². The average Bonchev–Trinajstić information content (AvgIpc) is 3.12. The van der Waals surface area contributed by atoms with Gasteiger partial charge in [0, 0.05) is 16.7 Å². The number of carbonyl (C=O) groups excluding carboxylic acids is 1. The number of aliphatic imine (C=N–C) groups is 1. The topological polar surface area (TPSA) is 71.7 Å². The lowest BCUT2D eigenvalue weighted by molar-refractivity contribution is -0.150. The van der Waals surface area contributed by atoms with E-state index in [0.717, 1.165) is 11.1 Å². The van der Waals surface area contributed by atoms with E-state index in [9.17, 15) is 10.1 Å². The molecule has 1 aliphatic heterocycles. The van der Waals surface area contributed by atoms with E-state index in [1.54, 1.807) is 6.07 Å². The van der Waals surface area contributed by atoms with Crippen molar-refractivity contribution < 1.29 is 14.3 Å². The van der Waals surface area contributed by atoms with Crippen LogP contribution in [-0.4, -0.2) is 24.9 Å². The number of ether oxygens (including phenoxy) is 2. The molecule has 0 unspecified atom stereocenters. The van der Waals surface area contributed by atoms with E-state index in [1.165, 1.54) is 7.11 Å². The molecule has 1 heterocycles. The highest BCUT2D eigenvalue weighted by atomic mass is 16.6. The highest BCUT2D eigenvalue weighted by Gasteiger charge is 2.54. The summed E-state index contributed by atoms with van der Waals surface area (Å²) >= 11 is 0. The zero-order valence-electron chi connectivity index (χ0n) is 16.5. The number of methoxy groups -OCH3 is 1. The molecule has 0 aliphatic carbocycles. The normalized spacial score (nSPS) is 19.1. The molecule has 0 radical (unpaired) electrons. The summed E-state index contributed by atoms with van der Waals surface area (Å²) in [4.78, 5) is 17.8. The van der Waals surface area contributed by atoms with Crippen molar-refractivity contribution in [3.8, 4) is 11.8 Å². The van der Waals surface area contributed by atoms with Crippen molar-refractivity contribution in [1.82, 2.24) is 0 Å². The lowest BCUT2D eigenvalue weighted by Crippen LogP contribution is -2.44. The summed E-state index contributed by atoms with van der Waals surface area (Å²) < 4.78 is 11.0. The summed E-state index contributed by atoms with van der Waals surface area (Å²) in [6.07, 6.45) is -1.09. The van der Waals surface area contributed by atoms with Crippen LogP contribution in [0.1, 0.15) is 23.1 Å². The van der Waals surface area contributed by atoms with Gasteiger partial charge in [0.25, 0.3) is 0 Å². The van der Waals surface area contributed by atoms with Gasteiger partial charge in [0.2, 0.25) is 6.10 Å². The first-order valence-electron chi connectivity index (χ1n) is 9.61. The van der Waals surface area contributed by atoms with Crippen molar-refractivity contribution in [2.45, 2.75) is 18.1 Å². The Morgan fingerprint density at radius 3 is 2.13 bits per heavy atom. The van der Waals surface area contributed by atoms with Crippen LogP contribution in [-0.2, 0) is 15.1 Å². The lowest BCUT2D eigenvalue weighted by atomic mass is 9.83. The summed E-state index contributed by atoms with van der Waals surface area (Å²) in [5, 5.41) is 9.72. The molecule has 0 fully saturated rings. The van der Waals surface area contributed by atoms with Crippen LogP contribution in [0.2, 0.25) is 0 Å². The Balaban J connectivity index is 2.01. The minimum atomic E-state index is -1.22. The van der Waals surface area contributed by atoms with Crippen LogP contribution in [0.25, 0.3) is 0 Å². The second kappa shape index (κ2) is 8.22. The smallest absolute Gasteiger partial charge is 0.350 e. The number of hydrogen-bond acceptors (Lipinski definition) is 5. The number of fused-ring (bicyclic) bond motifs is 1. The maximum absolute atomic E-state index is 12.7. The molecular formula is C25H20N2O3.